The molecule has 4 nitrogen and oxygen atoms in total. The van der Waals surface area contributed by atoms with Crippen LogP contribution in [-0.2, 0) is 6.54 Å². The van der Waals surface area contributed by atoms with Gasteiger partial charge in [-0.2, -0.15) is 0 Å². The minimum absolute atomic E-state index is 0.348. The molecule has 0 atom stereocenters. The summed E-state index contributed by atoms with van der Waals surface area (Å²) in [4.78, 5) is 2.70. The number of piperidine rings is 1. The summed E-state index contributed by atoms with van der Waals surface area (Å²) in [5, 5.41) is 7.10. The van der Waals surface area contributed by atoms with Crippen LogP contribution in [0.3, 0.4) is 0 Å². The Morgan fingerprint density at radius 3 is 2.59 bits per heavy atom. The summed E-state index contributed by atoms with van der Waals surface area (Å²) in [7, 11) is 0. The maximum Gasteiger partial charge on any atom is 0.119 e. The largest absolute Gasteiger partial charge is 0.494 e. The van der Waals surface area contributed by atoms with E-state index >= 15 is 0 Å². The molecule has 0 unspecified atom stereocenters. The molecule has 0 amide bonds. The lowest BCUT2D eigenvalue weighted by atomic mass is 9.84. The quantitative estimate of drug-likeness (QED) is 0.872. The molecule has 3 rings (SSSR count). The first-order chi connectivity index (χ1) is 10.8. The van der Waals surface area contributed by atoms with Gasteiger partial charge in [-0.05, 0) is 50.0 Å². The number of rotatable bonds is 5. The molecule has 0 radical (unpaired) electrons. The second-order valence-electron chi connectivity index (χ2n) is 6.57. The zero-order valence-electron chi connectivity index (χ0n) is 13.7. The highest BCUT2D eigenvalue weighted by atomic mass is 16.5. The summed E-state index contributed by atoms with van der Waals surface area (Å²) in [6, 6.07) is 8.67. The van der Waals surface area contributed by atoms with E-state index < -0.39 is 0 Å². The monoisotopic (exact) mass is 303 g/mol. The summed E-state index contributed by atoms with van der Waals surface area (Å²) >= 11 is 0. The van der Waals surface area contributed by atoms with Gasteiger partial charge in [-0.25, -0.2) is 0 Å². The lowest BCUT2D eigenvalue weighted by molar-refractivity contribution is 0.0263. The van der Waals surface area contributed by atoms with Crippen molar-refractivity contribution in [1.82, 2.24) is 15.5 Å². The van der Waals surface area contributed by atoms with Crippen molar-refractivity contribution in [2.45, 2.75) is 38.3 Å². The Morgan fingerprint density at radius 2 is 1.86 bits per heavy atom. The molecule has 2 aliphatic heterocycles. The smallest absolute Gasteiger partial charge is 0.119 e. The van der Waals surface area contributed by atoms with Crippen LogP contribution in [0.15, 0.2) is 24.3 Å². The van der Waals surface area contributed by atoms with Crippen LogP contribution < -0.4 is 15.4 Å². The SMILES string of the molecule is CCCOc1ccc(CN2CCNCC23CCNCC3)cc1. The first-order valence-corrected chi connectivity index (χ1v) is 8.71. The third-order valence-electron chi connectivity index (χ3n) is 4.99. The molecule has 2 fully saturated rings. The van der Waals surface area contributed by atoms with Gasteiger partial charge in [0.25, 0.3) is 0 Å². The fraction of sp³-hybridized carbons (Fsp3) is 0.667. The van der Waals surface area contributed by atoms with Crippen LogP contribution >= 0.6 is 0 Å². The van der Waals surface area contributed by atoms with Gasteiger partial charge in [0.1, 0.15) is 5.75 Å². The van der Waals surface area contributed by atoms with Crippen molar-refractivity contribution in [3.63, 3.8) is 0 Å². The van der Waals surface area contributed by atoms with Crippen molar-refractivity contribution in [1.29, 1.82) is 0 Å². The number of benzene rings is 1. The van der Waals surface area contributed by atoms with Crippen LogP contribution in [0.2, 0.25) is 0 Å². The van der Waals surface area contributed by atoms with E-state index in [0.717, 1.165) is 58.0 Å². The van der Waals surface area contributed by atoms with Crippen molar-refractivity contribution in [3.8, 4) is 5.75 Å². The van der Waals surface area contributed by atoms with Gasteiger partial charge in [0.05, 0.1) is 6.61 Å². The molecule has 2 saturated heterocycles. The van der Waals surface area contributed by atoms with Gasteiger partial charge in [0.2, 0.25) is 0 Å². The van der Waals surface area contributed by atoms with E-state index in [0.29, 0.717) is 5.54 Å². The van der Waals surface area contributed by atoms with E-state index in [9.17, 15) is 0 Å². The Balaban J connectivity index is 1.65. The standard InChI is InChI=1S/C18H29N3O/c1-2-13-22-17-5-3-16(4-6-17)14-21-12-11-20-15-18(21)7-9-19-10-8-18/h3-6,19-20H,2,7-15H2,1H3. The van der Waals surface area contributed by atoms with E-state index in [-0.39, 0.29) is 0 Å². The molecule has 1 aromatic rings. The average molecular weight is 303 g/mol. The number of hydrogen-bond acceptors (Lipinski definition) is 4. The average Bonchev–Trinajstić information content (AvgIpc) is 2.57. The maximum absolute atomic E-state index is 5.68. The molecule has 2 aliphatic rings. The molecule has 0 saturated carbocycles. The van der Waals surface area contributed by atoms with Gasteiger partial charge in [0.15, 0.2) is 0 Å². The van der Waals surface area contributed by atoms with Gasteiger partial charge in [0, 0.05) is 31.7 Å². The molecule has 0 aromatic heterocycles. The molecular weight excluding hydrogens is 274 g/mol. The number of piperazine rings is 1. The fourth-order valence-corrected chi connectivity index (χ4v) is 3.65. The summed E-state index contributed by atoms with van der Waals surface area (Å²) in [6.45, 7) is 9.65. The van der Waals surface area contributed by atoms with Crippen LogP contribution in [0.4, 0.5) is 0 Å². The Bertz CT molecular complexity index is 446. The van der Waals surface area contributed by atoms with E-state index in [1.54, 1.807) is 0 Å². The van der Waals surface area contributed by atoms with Gasteiger partial charge in [-0.3, -0.25) is 4.90 Å². The molecule has 0 bridgehead atoms. The van der Waals surface area contributed by atoms with E-state index in [2.05, 4.69) is 46.7 Å². The first kappa shape index (κ1) is 15.8. The van der Waals surface area contributed by atoms with Gasteiger partial charge < -0.3 is 15.4 Å². The van der Waals surface area contributed by atoms with Gasteiger partial charge in [-0.1, -0.05) is 19.1 Å². The van der Waals surface area contributed by atoms with Crippen molar-refractivity contribution in [2.75, 3.05) is 39.3 Å². The predicted molar refractivity (Wildman–Crippen MR) is 90.3 cm³/mol. The van der Waals surface area contributed by atoms with Crippen LogP contribution in [-0.4, -0.2) is 49.8 Å². The molecule has 2 N–H and O–H groups in total. The van der Waals surface area contributed by atoms with Gasteiger partial charge >= 0.3 is 0 Å². The third kappa shape index (κ3) is 3.62. The zero-order valence-corrected chi connectivity index (χ0v) is 13.7. The Kier molecular flexibility index (Phi) is 5.34. The Hall–Kier alpha value is -1.10. The number of ether oxygens (including phenoxy) is 1. The Morgan fingerprint density at radius 1 is 1.09 bits per heavy atom. The lowest BCUT2D eigenvalue weighted by Gasteiger charge is -2.50. The van der Waals surface area contributed by atoms with Crippen LogP contribution in [0.1, 0.15) is 31.7 Å². The zero-order chi connectivity index (χ0) is 15.3. The van der Waals surface area contributed by atoms with E-state index in [4.69, 9.17) is 4.74 Å². The molecule has 2 heterocycles. The number of nitrogens with zero attached hydrogens (tertiary/aromatic N) is 1. The van der Waals surface area contributed by atoms with Crippen LogP contribution in [0.5, 0.6) is 5.75 Å². The molecule has 0 aliphatic carbocycles. The summed E-state index contributed by atoms with van der Waals surface area (Å²) < 4.78 is 5.68. The molecule has 1 spiro atoms. The third-order valence-corrected chi connectivity index (χ3v) is 4.99. The first-order valence-electron chi connectivity index (χ1n) is 8.71. The summed E-state index contributed by atoms with van der Waals surface area (Å²) in [5.41, 5.74) is 1.74. The molecular formula is C18H29N3O. The highest BCUT2D eigenvalue weighted by molar-refractivity contribution is 5.27. The molecule has 22 heavy (non-hydrogen) atoms. The van der Waals surface area contributed by atoms with Crippen molar-refractivity contribution in [3.05, 3.63) is 29.8 Å². The summed E-state index contributed by atoms with van der Waals surface area (Å²) in [5.74, 6) is 0.988. The molecule has 1 aromatic carbocycles. The van der Waals surface area contributed by atoms with Crippen molar-refractivity contribution < 1.29 is 4.74 Å². The lowest BCUT2D eigenvalue weighted by Crippen LogP contribution is -2.64. The normalized spacial score (nSPS) is 21.9. The highest BCUT2D eigenvalue weighted by Crippen LogP contribution is 2.29. The van der Waals surface area contributed by atoms with Crippen LogP contribution in [0, 0.1) is 0 Å². The topological polar surface area (TPSA) is 36.5 Å². The molecule has 122 valence electrons. The molecule has 4 heteroatoms. The van der Waals surface area contributed by atoms with Crippen molar-refractivity contribution >= 4 is 0 Å². The van der Waals surface area contributed by atoms with Crippen LogP contribution in [0.25, 0.3) is 0 Å². The Labute approximate surface area is 134 Å². The second-order valence-corrected chi connectivity index (χ2v) is 6.57. The maximum atomic E-state index is 5.68. The minimum atomic E-state index is 0.348. The fourth-order valence-electron chi connectivity index (χ4n) is 3.65. The minimum Gasteiger partial charge on any atom is -0.494 e. The highest BCUT2D eigenvalue weighted by Gasteiger charge is 2.39. The second kappa shape index (κ2) is 7.44. The number of nitrogens with one attached hydrogen (secondary N) is 2. The number of hydrogen-bond donors (Lipinski definition) is 2. The van der Waals surface area contributed by atoms with Crippen molar-refractivity contribution in [2.24, 2.45) is 0 Å². The van der Waals surface area contributed by atoms with Gasteiger partial charge in [-0.15, -0.1) is 0 Å². The summed E-state index contributed by atoms with van der Waals surface area (Å²) in [6.07, 6.45) is 3.55. The van der Waals surface area contributed by atoms with E-state index in [1.165, 1.54) is 18.4 Å². The van der Waals surface area contributed by atoms with E-state index in [1.807, 2.05) is 0 Å². The predicted octanol–water partition coefficient (Wildman–Crippen LogP) is 2.00.